The summed E-state index contributed by atoms with van der Waals surface area (Å²) in [5.41, 5.74) is 8.07. The van der Waals surface area contributed by atoms with E-state index in [0.717, 1.165) is 44.2 Å². The number of rotatable bonds is 4. The second-order valence-electron chi connectivity index (χ2n) is 7.30. The first-order chi connectivity index (χ1) is 13.6. The molecular formula is C26H24O2. The van der Waals surface area contributed by atoms with Crippen LogP contribution in [0.25, 0.3) is 33.0 Å². The van der Waals surface area contributed by atoms with E-state index in [-0.39, 0.29) is 13.2 Å². The topological polar surface area (TPSA) is 40.5 Å². The van der Waals surface area contributed by atoms with Gasteiger partial charge in [0.05, 0.1) is 13.2 Å². The lowest BCUT2D eigenvalue weighted by atomic mass is 9.83. The Kier molecular flexibility index (Phi) is 4.99. The highest BCUT2D eigenvalue weighted by molar-refractivity contribution is 6.07. The van der Waals surface area contributed by atoms with E-state index < -0.39 is 0 Å². The number of benzene rings is 4. The van der Waals surface area contributed by atoms with Crippen molar-refractivity contribution in [1.29, 1.82) is 0 Å². The molecule has 0 atom stereocenters. The van der Waals surface area contributed by atoms with Crippen LogP contribution >= 0.6 is 0 Å². The van der Waals surface area contributed by atoms with Crippen molar-refractivity contribution < 1.29 is 10.2 Å². The van der Waals surface area contributed by atoms with Gasteiger partial charge in [0.25, 0.3) is 0 Å². The van der Waals surface area contributed by atoms with Crippen molar-refractivity contribution in [2.75, 3.05) is 0 Å². The van der Waals surface area contributed by atoms with Gasteiger partial charge in [-0.2, -0.15) is 0 Å². The lowest BCUT2D eigenvalue weighted by Gasteiger charge is -2.21. The molecule has 2 N–H and O–H groups in total. The zero-order chi connectivity index (χ0) is 19.7. The highest BCUT2D eigenvalue weighted by Crippen LogP contribution is 2.42. The number of aliphatic hydroxyl groups is 2. The van der Waals surface area contributed by atoms with E-state index in [1.807, 2.05) is 12.1 Å². The number of fused-ring (bicyclic) bond motifs is 1. The molecule has 0 aliphatic carbocycles. The molecule has 0 amide bonds. The second-order valence-corrected chi connectivity index (χ2v) is 7.30. The summed E-state index contributed by atoms with van der Waals surface area (Å²) < 4.78 is 0. The Morgan fingerprint density at radius 2 is 0.893 bits per heavy atom. The highest BCUT2D eigenvalue weighted by Gasteiger charge is 2.20. The maximum Gasteiger partial charge on any atom is 0.0691 e. The van der Waals surface area contributed by atoms with Gasteiger partial charge in [-0.15, -0.1) is 0 Å². The van der Waals surface area contributed by atoms with Crippen molar-refractivity contribution in [3.63, 3.8) is 0 Å². The lowest BCUT2D eigenvalue weighted by Crippen LogP contribution is -2.03. The van der Waals surface area contributed by atoms with Crippen LogP contribution in [0.1, 0.15) is 22.3 Å². The molecule has 0 bridgehead atoms. The van der Waals surface area contributed by atoms with Crippen LogP contribution in [0.2, 0.25) is 0 Å². The van der Waals surface area contributed by atoms with Crippen LogP contribution in [0.5, 0.6) is 0 Å². The Hall–Kier alpha value is -2.94. The van der Waals surface area contributed by atoms with E-state index in [2.05, 4.69) is 74.5 Å². The van der Waals surface area contributed by atoms with Crippen LogP contribution in [0.15, 0.2) is 72.8 Å². The number of aliphatic hydroxyl groups excluding tert-OH is 2. The quantitative estimate of drug-likeness (QED) is 0.480. The van der Waals surface area contributed by atoms with Gasteiger partial charge in [-0.25, -0.2) is 0 Å². The molecule has 4 aromatic carbocycles. The Bertz CT molecular complexity index is 1030. The van der Waals surface area contributed by atoms with Crippen LogP contribution in [0.4, 0.5) is 0 Å². The number of hydrogen-bond acceptors (Lipinski definition) is 2. The zero-order valence-electron chi connectivity index (χ0n) is 16.2. The molecule has 0 unspecified atom stereocenters. The Morgan fingerprint density at radius 1 is 0.536 bits per heavy atom. The Labute approximate surface area is 165 Å². The fraction of sp³-hybridized carbons (Fsp3) is 0.154. The maximum atomic E-state index is 10.3. The minimum Gasteiger partial charge on any atom is -0.392 e. The zero-order valence-corrected chi connectivity index (χ0v) is 16.2. The predicted molar refractivity (Wildman–Crippen MR) is 116 cm³/mol. The van der Waals surface area contributed by atoms with Gasteiger partial charge in [0.1, 0.15) is 0 Å². The van der Waals surface area contributed by atoms with E-state index in [4.69, 9.17) is 0 Å². The first-order valence-corrected chi connectivity index (χ1v) is 9.56. The van der Waals surface area contributed by atoms with Crippen molar-refractivity contribution >= 4 is 10.8 Å². The van der Waals surface area contributed by atoms with Gasteiger partial charge in [0, 0.05) is 0 Å². The Balaban J connectivity index is 2.14. The SMILES string of the molecule is Cc1ccc(-c2c(CO)c(CO)c(-c3ccc(C)cc3)c3ccccc23)cc1. The molecule has 28 heavy (non-hydrogen) atoms. The summed E-state index contributed by atoms with van der Waals surface area (Å²) in [5, 5.41) is 22.8. The summed E-state index contributed by atoms with van der Waals surface area (Å²) in [6.45, 7) is 3.88. The van der Waals surface area contributed by atoms with E-state index in [1.165, 1.54) is 11.1 Å². The third-order valence-corrected chi connectivity index (χ3v) is 5.43. The maximum absolute atomic E-state index is 10.3. The fourth-order valence-electron chi connectivity index (χ4n) is 3.99. The molecule has 0 spiro atoms. The third-order valence-electron chi connectivity index (χ3n) is 5.43. The second kappa shape index (κ2) is 7.59. The molecule has 2 nitrogen and oxygen atoms in total. The molecule has 0 heterocycles. The summed E-state index contributed by atoms with van der Waals surface area (Å²) in [6.07, 6.45) is 0. The average molecular weight is 368 g/mol. The van der Waals surface area contributed by atoms with Crippen molar-refractivity contribution in [3.05, 3.63) is 95.1 Å². The van der Waals surface area contributed by atoms with E-state index in [1.54, 1.807) is 0 Å². The van der Waals surface area contributed by atoms with Crippen molar-refractivity contribution in [3.8, 4) is 22.3 Å². The number of hydrogen-bond donors (Lipinski definition) is 2. The molecule has 140 valence electrons. The molecule has 0 aliphatic heterocycles. The van der Waals surface area contributed by atoms with E-state index in [9.17, 15) is 10.2 Å². The summed E-state index contributed by atoms with van der Waals surface area (Å²) in [7, 11) is 0. The minimum atomic E-state index is -0.122. The molecule has 4 rings (SSSR count). The average Bonchev–Trinajstić information content (AvgIpc) is 2.73. The molecule has 0 saturated heterocycles. The Morgan fingerprint density at radius 3 is 1.21 bits per heavy atom. The van der Waals surface area contributed by atoms with Gasteiger partial charge in [-0.3, -0.25) is 0 Å². The van der Waals surface area contributed by atoms with Crippen molar-refractivity contribution in [2.24, 2.45) is 0 Å². The monoisotopic (exact) mass is 368 g/mol. The van der Waals surface area contributed by atoms with Gasteiger partial charge < -0.3 is 10.2 Å². The minimum absolute atomic E-state index is 0.122. The molecule has 0 saturated carbocycles. The lowest BCUT2D eigenvalue weighted by molar-refractivity contribution is 0.261. The molecule has 4 aromatic rings. The van der Waals surface area contributed by atoms with Crippen LogP contribution in [0, 0.1) is 13.8 Å². The normalized spacial score (nSPS) is 11.1. The van der Waals surface area contributed by atoms with Crippen molar-refractivity contribution in [1.82, 2.24) is 0 Å². The summed E-state index contributed by atoms with van der Waals surface area (Å²) in [6, 6.07) is 24.9. The van der Waals surface area contributed by atoms with Crippen LogP contribution in [0.3, 0.4) is 0 Å². The fourth-order valence-corrected chi connectivity index (χ4v) is 3.99. The van der Waals surface area contributed by atoms with Crippen LogP contribution < -0.4 is 0 Å². The predicted octanol–water partition coefficient (Wildman–Crippen LogP) is 5.78. The molecule has 0 aliphatic rings. The molecular weight excluding hydrogens is 344 g/mol. The van der Waals surface area contributed by atoms with Crippen molar-refractivity contribution in [2.45, 2.75) is 27.1 Å². The molecule has 2 heteroatoms. The van der Waals surface area contributed by atoms with Crippen LogP contribution in [-0.4, -0.2) is 10.2 Å². The molecule has 0 aromatic heterocycles. The first kappa shape index (κ1) is 18.4. The third kappa shape index (κ3) is 3.11. The van der Waals surface area contributed by atoms with E-state index >= 15 is 0 Å². The van der Waals surface area contributed by atoms with E-state index in [0.29, 0.717) is 0 Å². The summed E-state index contributed by atoms with van der Waals surface area (Å²) >= 11 is 0. The molecule has 0 radical (unpaired) electrons. The first-order valence-electron chi connectivity index (χ1n) is 9.56. The van der Waals surface area contributed by atoms with Gasteiger partial charge in [-0.1, -0.05) is 83.9 Å². The standard InChI is InChI=1S/C26H24O2/c1-17-7-11-19(12-8-17)25-21-5-3-4-6-22(21)26(24(16-28)23(25)15-27)20-13-9-18(2)10-14-20/h3-14,27-28H,15-16H2,1-2H3. The highest BCUT2D eigenvalue weighted by atomic mass is 16.3. The van der Waals surface area contributed by atoms with Gasteiger partial charge in [-0.05, 0) is 58.0 Å². The van der Waals surface area contributed by atoms with Gasteiger partial charge in [0.2, 0.25) is 0 Å². The summed E-state index contributed by atoms with van der Waals surface area (Å²) in [5.74, 6) is 0. The largest absolute Gasteiger partial charge is 0.392 e. The van der Waals surface area contributed by atoms with Gasteiger partial charge >= 0.3 is 0 Å². The van der Waals surface area contributed by atoms with Crippen LogP contribution in [-0.2, 0) is 13.2 Å². The number of aryl methyl sites for hydroxylation is 2. The summed E-state index contributed by atoms with van der Waals surface area (Å²) in [4.78, 5) is 0. The van der Waals surface area contributed by atoms with Gasteiger partial charge in [0.15, 0.2) is 0 Å². The molecule has 0 fully saturated rings. The smallest absolute Gasteiger partial charge is 0.0691 e.